The van der Waals surface area contributed by atoms with E-state index in [-0.39, 0.29) is 12.5 Å². The third-order valence-corrected chi connectivity index (χ3v) is 1.44. The predicted octanol–water partition coefficient (Wildman–Crippen LogP) is 0.824. The molecule has 1 aliphatic rings. The van der Waals surface area contributed by atoms with E-state index in [1.165, 1.54) is 17.3 Å². The molecule has 0 spiro atoms. The van der Waals surface area contributed by atoms with Crippen LogP contribution in [0.1, 0.15) is 20.8 Å². The lowest BCUT2D eigenvalue weighted by Gasteiger charge is -2.26. The van der Waals surface area contributed by atoms with E-state index in [0.29, 0.717) is 0 Å². The zero-order valence-electron chi connectivity index (χ0n) is 8.53. The fourth-order valence-electron chi connectivity index (χ4n) is 0.919. The number of hydrogen-bond donors (Lipinski definition) is 1. The van der Waals surface area contributed by atoms with Crippen molar-refractivity contribution in [1.82, 2.24) is 10.2 Å². The predicted molar refractivity (Wildman–Crippen MR) is 50.2 cm³/mol. The summed E-state index contributed by atoms with van der Waals surface area (Å²) in [4.78, 5) is 23.6. The first-order chi connectivity index (χ1) is 6.38. The summed E-state index contributed by atoms with van der Waals surface area (Å²) in [5.74, 6) is -0.224. The first-order valence-corrected chi connectivity index (χ1v) is 4.34. The van der Waals surface area contributed by atoms with E-state index in [1.807, 2.05) is 0 Å². The molecule has 1 N–H and O–H groups in total. The topological polar surface area (TPSA) is 58.6 Å². The summed E-state index contributed by atoms with van der Waals surface area (Å²) in [7, 11) is 0. The SMILES string of the molecule is CC(C)(C)OC(=O)N1C=CNC(=O)C1. The molecule has 2 amide bonds. The number of amides is 2. The number of nitrogens with one attached hydrogen (secondary N) is 1. The van der Waals surface area contributed by atoms with Gasteiger partial charge in [0.25, 0.3) is 0 Å². The van der Waals surface area contributed by atoms with Crippen LogP contribution in [0.25, 0.3) is 0 Å². The van der Waals surface area contributed by atoms with Crippen molar-refractivity contribution in [2.24, 2.45) is 0 Å². The largest absolute Gasteiger partial charge is 0.443 e. The smallest absolute Gasteiger partial charge is 0.414 e. The molecule has 0 saturated carbocycles. The molecule has 0 aromatic rings. The molecule has 78 valence electrons. The second-order valence-corrected chi connectivity index (χ2v) is 3.99. The first-order valence-electron chi connectivity index (χ1n) is 4.34. The molecular formula is C9H14N2O3. The summed E-state index contributed by atoms with van der Waals surface area (Å²) in [6.45, 7) is 5.33. The van der Waals surface area contributed by atoms with Crippen LogP contribution in [0.5, 0.6) is 0 Å². The van der Waals surface area contributed by atoms with Gasteiger partial charge in [0.2, 0.25) is 5.91 Å². The Kier molecular flexibility index (Phi) is 2.78. The summed E-state index contributed by atoms with van der Waals surface area (Å²) >= 11 is 0. The van der Waals surface area contributed by atoms with E-state index in [2.05, 4.69) is 5.32 Å². The minimum Gasteiger partial charge on any atom is -0.443 e. The van der Waals surface area contributed by atoms with E-state index >= 15 is 0 Å². The van der Waals surface area contributed by atoms with E-state index < -0.39 is 11.7 Å². The average Bonchev–Trinajstić information content (AvgIpc) is 2.01. The monoisotopic (exact) mass is 198 g/mol. The van der Waals surface area contributed by atoms with Gasteiger partial charge in [0.1, 0.15) is 12.1 Å². The van der Waals surface area contributed by atoms with Crippen LogP contribution in [-0.2, 0) is 9.53 Å². The lowest BCUT2D eigenvalue weighted by atomic mass is 10.2. The summed E-state index contributed by atoms with van der Waals surface area (Å²) in [5, 5.41) is 2.46. The van der Waals surface area contributed by atoms with Crippen LogP contribution in [0.2, 0.25) is 0 Å². The second kappa shape index (κ2) is 3.69. The Morgan fingerprint density at radius 2 is 2.21 bits per heavy atom. The number of hydrogen-bond acceptors (Lipinski definition) is 3. The second-order valence-electron chi connectivity index (χ2n) is 3.99. The summed E-state index contributed by atoms with van der Waals surface area (Å²) in [6, 6.07) is 0. The Balaban J connectivity index is 2.57. The lowest BCUT2D eigenvalue weighted by molar-refractivity contribution is -0.121. The molecule has 1 heterocycles. The fraction of sp³-hybridized carbons (Fsp3) is 0.556. The number of rotatable bonds is 0. The van der Waals surface area contributed by atoms with E-state index in [4.69, 9.17) is 4.74 Å². The molecule has 0 unspecified atom stereocenters. The van der Waals surface area contributed by atoms with Gasteiger partial charge >= 0.3 is 6.09 Å². The van der Waals surface area contributed by atoms with Gasteiger partial charge in [-0.1, -0.05) is 0 Å². The number of ether oxygens (including phenoxy) is 1. The van der Waals surface area contributed by atoms with Gasteiger partial charge in [-0.3, -0.25) is 9.69 Å². The molecule has 0 aromatic carbocycles. The Hall–Kier alpha value is -1.52. The van der Waals surface area contributed by atoms with Crippen LogP contribution in [0.15, 0.2) is 12.4 Å². The molecule has 5 nitrogen and oxygen atoms in total. The lowest BCUT2D eigenvalue weighted by Crippen LogP contribution is -2.42. The minimum absolute atomic E-state index is 0.00537. The van der Waals surface area contributed by atoms with Gasteiger partial charge in [-0.2, -0.15) is 0 Å². The molecule has 0 bridgehead atoms. The summed E-state index contributed by atoms with van der Waals surface area (Å²) < 4.78 is 5.08. The van der Waals surface area contributed by atoms with Crippen LogP contribution in [0.3, 0.4) is 0 Å². The van der Waals surface area contributed by atoms with Crippen molar-refractivity contribution in [3.63, 3.8) is 0 Å². The highest BCUT2D eigenvalue weighted by Gasteiger charge is 2.23. The zero-order chi connectivity index (χ0) is 10.8. The van der Waals surface area contributed by atoms with Crippen molar-refractivity contribution in [2.75, 3.05) is 6.54 Å². The number of carbonyl (C=O) groups is 2. The third kappa shape index (κ3) is 3.08. The Labute approximate surface area is 82.7 Å². The van der Waals surface area contributed by atoms with Gasteiger partial charge in [0.15, 0.2) is 0 Å². The molecule has 1 rings (SSSR count). The van der Waals surface area contributed by atoms with Crippen molar-refractivity contribution in [1.29, 1.82) is 0 Å². The van der Waals surface area contributed by atoms with Crippen LogP contribution in [0, 0.1) is 0 Å². The van der Waals surface area contributed by atoms with Gasteiger partial charge in [-0.15, -0.1) is 0 Å². The maximum atomic E-state index is 11.4. The van der Waals surface area contributed by atoms with Crippen LogP contribution in [-0.4, -0.2) is 29.0 Å². The normalized spacial score (nSPS) is 16.5. The molecule has 0 aromatic heterocycles. The van der Waals surface area contributed by atoms with Crippen molar-refractivity contribution >= 4 is 12.0 Å². The minimum atomic E-state index is -0.543. The van der Waals surface area contributed by atoms with E-state index in [1.54, 1.807) is 20.8 Å². The molecule has 5 heteroatoms. The van der Waals surface area contributed by atoms with Crippen LogP contribution in [0.4, 0.5) is 4.79 Å². The molecule has 0 saturated heterocycles. The fourth-order valence-corrected chi connectivity index (χ4v) is 0.919. The van der Waals surface area contributed by atoms with Crippen molar-refractivity contribution in [3.8, 4) is 0 Å². The molecule has 0 radical (unpaired) electrons. The summed E-state index contributed by atoms with van der Waals surface area (Å²) in [5.41, 5.74) is -0.543. The van der Waals surface area contributed by atoms with Gasteiger partial charge in [-0.25, -0.2) is 4.79 Å². The average molecular weight is 198 g/mol. The maximum Gasteiger partial charge on any atom is 0.414 e. The Morgan fingerprint density at radius 3 is 2.71 bits per heavy atom. The Bertz CT molecular complexity index is 278. The first kappa shape index (κ1) is 10.6. The van der Waals surface area contributed by atoms with Crippen molar-refractivity contribution in [2.45, 2.75) is 26.4 Å². The summed E-state index contributed by atoms with van der Waals surface area (Å²) in [6.07, 6.45) is 2.38. The van der Waals surface area contributed by atoms with Crippen molar-refractivity contribution < 1.29 is 14.3 Å². The van der Waals surface area contributed by atoms with Crippen LogP contribution >= 0.6 is 0 Å². The molecule has 0 atom stereocenters. The Morgan fingerprint density at radius 1 is 1.57 bits per heavy atom. The molecule has 0 aliphatic carbocycles. The quantitative estimate of drug-likeness (QED) is 0.627. The standard InChI is InChI=1S/C9H14N2O3/c1-9(2,3)14-8(13)11-5-4-10-7(12)6-11/h4-5H,6H2,1-3H3,(H,10,12). The van der Waals surface area contributed by atoms with Gasteiger partial charge in [0.05, 0.1) is 0 Å². The van der Waals surface area contributed by atoms with E-state index in [0.717, 1.165) is 0 Å². The van der Waals surface area contributed by atoms with Crippen LogP contribution < -0.4 is 5.32 Å². The number of nitrogens with zero attached hydrogens (tertiary/aromatic N) is 1. The molecule has 14 heavy (non-hydrogen) atoms. The highest BCUT2D eigenvalue weighted by Crippen LogP contribution is 2.10. The van der Waals surface area contributed by atoms with Gasteiger partial charge in [-0.05, 0) is 20.8 Å². The molecule has 0 fully saturated rings. The van der Waals surface area contributed by atoms with E-state index in [9.17, 15) is 9.59 Å². The molecular weight excluding hydrogens is 184 g/mol. The highest BCUT2D eigenvalue weighted by atomic mass is 16.6. The van der Waals surface area contributed by atoms with Crippen molar-refractivity contribution in [3.05, 3.63) is 12.4 Å². The zero-order valence-corrected chi connectivity index (χ0v) is 8.53. The van der Waals surface area contributed by atoms with Gasteiger partial charge in [0, 0.05) is 12.4 Å². The molecule has 1 aliphatic heterocycles. The highest BCUT2D eigenvalue weighted by molar-refractivity contribution is 5.84. The van der Waals surface area contributed by atoms with Gasteiger partial charge < -0.3 is 10.1 Å². The maximum absolute atomic E-state index is 11.4. The number of carbonyl (C=O) groups excluding carboxylic acids is 2. The third-order valence-electron chi connectivity index (χ3n) is 1.44.